The minimum atomic E-state index is 0.702. The number of piperidine rings is 1. The first-order valence-electron chi connectivity index (χ1n) is 11.6. The van der Waals surface area contributed by atoms with Crippen LogP contribution in [-0.2, 0) is 24.2 Å². The van der Waals surface area contributed by atoms with Gasteiger partial charge in [-0.25, -0.2) is 4.98 Å². The number of hydrogen-bond donors (Lipinski definition) is 0. The van der Waals surface area contributed by atoms with Gasteiger partial charge < -0.3 is 14.5 Å². The predicted molar refractivity (Wildman–Crippen MR) is 122 cm³/mol. The third-order valence-electron chi connectivity index (χ3n) is 6.76. The maximum Gasteiger partial charge on any atom is 0.149 e. The molecular formula is C25H31N5O. The molecule has 0 saturated carbocycles. The van der Waals surface area contributed by atoms with Gasteiger partial charge in [-0.15, -0.1) is 0 Å². The van der Waals surface area contributed by atoms with Crippen molar-refractivity contribution in [1.82, 2.24) is 9.88 Å². The largest absolute Gasteiger partial charge is 0.378 e. The SMILES string of the molecule is N#Cc1c(N2CCOCC2)nc(N2CCCCC2)c2c1CCN(Cc1ccccc1)C2. The summed E-state index contributed by atoms with van der Waals surface area (Å²) in [7, 11) is 0. The lowest BCUT2D eigenvalue weighted by molar-refractivity contribution is 0.122. The zero-order valence-electron chi connectivity index (χ0n) is 18.2. The summed E-state index contributed by atoms with van der Waals surface area (Å²) in [4.78, 5) is 12.4. The van der Waals surface area contributed by atoms with Gasteiger partial charge in [0.05, 0.1) is 18.8 Å². The highest BCUT2D eigenvalue weighted by Crippen LogP contribution is 2.36. The first-order chi connectivity index (χ1) is 15.3. The molecule has 162 valence electrons. The molecule has 0 spiro atoms. The molecule has 2 fully saturated rings. The molecule has 6 heteroatoms. The minimum absolute atomic E-state index is 0.702. The highest BCUT2D eigenvalue weighted by molar-refractivity contribution is 5.68. The van der Waals surface area contributed by atoms with Gasteiger partial charge in [-0.1, -0.05) is 30.3 Å². The van der Waals surface area contributed by atoms with Crippen LogP contribution in [0, 0.1) is 11.3 Å². The van der Waals surface area contributed by atoms with Gasteiger partial charge in [0.25, 0.3) is 0 Å². The van der Waals surface area contributed by atoms with E-state index >= 15 is 0 Å². The number of pyridine rings is 1. The van der Waals surface area contributed by atoms with E-state index in [0.29, 0.717) is 13.2 Å². The van der Waals surface area contributed by atoms with Gasteiger partial charge in [0.1, 0.15) is 17.7 Å². The summed E-state index contributed by atoms with van der Waals surface area (Å²) >= 11 is 0. The third kappa shape index (κ3) is 4.26. The fourth-order valence-corrected chi connectivity index (χ4v) is 5.12. The van der Waals surface area contributed by atoms with Gasteiger partial charge in [0.15, 0.2) is 0 Å². The molecule has 0 atom stereocenters. The molecule has 3 aliphatic rings. The van der Waals surface area contributed by atoms with Crippen molar-refractivity contribution in [3.05, 3.63) is 52.6 Å². The minimum Gasteiger partial charge on any atom is -0.378 e. The molecule has 0 radical (unpaired) electrons. The number of ether oxygens (including phenoxy) is 1. The van der Waals surface area contributed by atoms with Crippen LogP contribution in [0.4, 0.5) is 11.6 Å². The molecule has 4 heterocycles. The molecule has 6 nitrogen and oxygen atoms in total. The van der Waals surface area contributed by atoms with Crippen LogP contribution in [0.2, 0.25) is 0 Å². The second kappa shape index (κ2) is 9.25. The van der Waals surface area contributed by atoms with Crippen molar-refractivity contribution in [2.75, 3.05) is 55.7 Å². The van der Waals surface area contributed by atoms with E-state index in [4.69, 9.17) is 9.72 Å². The average molecular weight is 418 g/mol. The van der Waals surface area contributed by atoms with Crippen LogP contribution in [0.15, 0.2) is 30.3 Å². The van der Waals surface area contributed by atoms with Crippen LogP contribution in [0.1, 0.15) is 41.5 Å². The van der Waals surface area contributed by atoms with Gasteiger partial charge in [-0.2, -0.15) is 5.26 Å². The molecule has 0 bridgehead atoms. The Morgan fingerprint density at radius 1 is 0.871 bits per heavy atom. The fraction of sp³-hybridized carbons (Fsp3) is 0.520. The van der Waals surface area contributed by atoms with Crippen LogP contribution in [-0.4, -0.2) is 55.8 Å². The van der Waals surface area contributed by atoms with E-state index in [2.05, 4.69) is 51.1 Å². The van der Waals surface area contributed by atoms with E-state index in [1.807, 2.05) is 0 Å². The number of morpholine rings is 1. The second-order valence-corrected chi connectivity index (χ2v) is 8.80. The average Bonchev–Trinajstić information content (AvgIpc) is 2.84. The van der Waals surface area contributed by atoms with E-state index in [9.17, 15) is 5.26 Å². The quantitative estimate of drug-likeness (QED) is 0.761. The van der Waals surface area contributed by atoms with Gasteiger partial charge in [-0.3, -0.25) is 4.90 Å². The van der Waals surface area contributed by atoms with Crippen molar-refractivity contribution < 1.29 is 4.74 Å². The van der Waals surface area contributed by atoms with Crippen LogP contribution < -0.4 is 9.80 Å². The molecule has 1 aromatic heterocycles. The number of nitrogens with zero attached hydrogens (tertiary/aromatic N) is 5. The summed E-state index contributed by atoms with van der Waals surface area (Å²) in [5, 5.41) is 10.1. The van der Waals surface area contributed by atoms with Gasteiger partial charge in [0, 0.05) is 51.4 Å². The predicted octanol–water partition coefficient (Wildman–Crippen LogP) is 3.34. The Balaban J connectivity index is 1.53. The number of hydrogen-bond acceptors (Lipinski definition) is 6. The van der Waals surface area contributed by atoms with Crippen molar-refractivity contribution in [2.24, 2.45) is 0 Å². The van der Waals surface area contributed by atoms with Crippen molar-refractivity contribution >= 4 is 11.6 Å². The Hall–Kier alpha value is -2.62. The fourth-order valence-electron chi connectivity index (χ4n) is 5.12. The maximum atomic E-state index is 10.1. The van der Waals surface area contributed by atoms with Gasteiger partial charge in [0.2, 0.25) is 0 Å². The molecule has 3 aliphatic heterocycles. The van der Waals surface area contributed by atoms with E-state index in [1.54, 1.807) is 0 Å². The Morgan fingerprint density at radius 3 is 2.35 bits per heavy atom. The Bertz CT molecular complexity index is 943. The molecule has 1 aromatic carbocycles. The van der Waals surface area contributed by atoms with Crippen LogP contribution in [0.25, 0.3) is 0 Å². The summed E-state index contributed by atoms with van der Waals surface area (Å²) in [5.74, 6) is 1.99. The number of benzene rings is 1. The van der Waals surface area contributed by atoms with Crippen LogP contribution in [0.3, 0.4) is 0 Å². The first kappa shape index (κ1) is 20.3. The molecule has 0 aliphatic carbocycles. The molecule has 5 rings (SSSR count). The highest BCUT2D eigenvalue weighted by atomic mass is 16.5. The summed E-state index contributed by atoms with van der Waals surface area (Å²) in [6.45, 7) is 7.91. The number of rotatable bonds is 4. The van der Waals surface area contributed by atoms with Crippen molar-refractivity contribution in [1.29, 1.82) is 5.26 Å². The number of nitriles is 1. The highest BCUT2D eigenvalue weighted by Gasteiger charge is 2.30. The Labute approximate surface area is 185 Å². The van der Waals surface area contributed by atoms with E-state index < -0.39 is 0 Å². The van der Waals surface area contributed by atoms with E-state index in [-0.39, 0.29) is 0 Å². The zero-order chi connectivity index (χ0) is 21.0. The molecular weight excluding hydrogens is 386 g/mol. The topological polar surface area (TPSA) is 55.6 Å². The normalized spacial score (nSPS) is 19.7. The van der Waals surface area contributed by atoms with Crippen LogP contribution >= 0.6 is 0 Å². The molecule has 0 N–H and O–H groups in total. The Kier molecular flexibility index (Phi) is 6.06. The third-order valence-corrected chi connectivity index (χ3v) is 6.76. The molecule has 0 unspecified atom stereocenters. The summed E-state index contributed by atoms with van der Waals surface area (Å²) < 4.78 is 5.56. The zero-order valence-corrected chi connectivity index (χ0v) is 18.2. The first-order valence-corrected chi connectivity index (χ1v) is 11.6. The van der Waals surface area contributed by atoms with E-state index in [0.717, 1.165) is 69.4 Å². The maximum absolute atomic E-state index is 10.1. The molecule has 2 aromatic rings. The number of fused-ring (bicyclic) bond motifs is 1. The summed E-state index contributed by atoms with van der Waals surface area (Å²) in [5.41, 5.74) is 4.63. The standard InChI is InChI=1S/C25H31N5O/c26-17-22-21-9-12-28(18-20-7-3-1-4-8-20)19-23(21)25(29-10-5-2-6-11-29)27-24(22)30-13-15-31-16-14-30/h1,3-4,7-8H,2,5-6,9-16,18-19H2. The van der Waals surface area contributed by atoms with Gasteiger partial charge in [-0.05, 0) is 36.8 Å². The monoisotopic (exact) mass is 417 g/mol. The summed E-state index contributed by atoms with van der Waals surface area (Å²) in [6, 6.07) is 13.2. The summed E-state index contributed by atoms with van der Waals surface area (Å²) in [6.07, 6.45) is 4.64. The van der Waals surface area contributed by atoms with Crippen molar-refractivity contribution in [3.8, 4) is 6.07 Å². The smallest absolute Gasteiger partial charge is 0.149 e. The number of aromatic nitrogens is 1. The molecule has 2 saturated heterocycles. The van der Waals surface area contributed by atoms with E-state index in [1.165, 1.54) is 36.0 Å². The van der Waals surface area contributed by atoms with Crippen molar-refractivity contribution in [3.63, 3.8) is 0 Å². The Morgan fingerprint density at radius 2 is 1.61 bits per heavy atom. The second-order valence-electron chi connectivity index (χ2n) is 8.80. The van der Waals surface area contributed by atoms with Gasteiger partial charge >= 0.3 is 0 Å². The van der Waals surface area contributed by atoms with Crippen molar-refractivity contribution in [2.45, 2.75) is 38.8 Å². The molecule has 31 heavy (non-hydrogen) atoms. The molecule has 0 amide bonds. The number of anilines is 2. The lowest BCUT2D eigenvalue weighted by Gasteiger charge is -2.37. The van der Waals surface area contributed by atoms with Crippen LogP contribution in [0.5, 0.6) is 0 Å². The lowest BCUT2D eigenvalue weighted by atomic mass is 9.94. The lowest BCUT2D eigenvalue weighted by Crippen LogP contribution is -2.40.